The molecule has 0 bridgehead atoms. The van der Waals surface area contributed by atoms with Crippen molar-refractivity contribution < 1.29 is 4.79 Å². The maximum absolute atomic E-state index is 12.1. The number of pyridine rings is 1. The van der Waals surface area contributed by atoms with Gasteiger partial charge in [-0.05, 0) is 24.5 Å². The van der Waals surface area contributed by atoms with E-state index in [2.05, 4.69) is 20.5 Å². The number of amides is 1. The number of nitrogen functional groups attached to an aromatic ring is 1. The third kappa shape index (κ3) is 2.73. The molecule has 0 spiro atoms. The van der Waals surface area contributed by atoms with E-state index in [1.807, 2.05) is 26.8 Å². The molecule has 19 heavy (non-hydrogen) atoms. The van der Waals surface area contributed by atoms with Gasteiger partial charge < -0.3 is 11.1 Å². The molecule has 0 aliphatic heterocycles. The molecule has 4 N–H and O–H groups in total. The minimum atomic E-state index is -0.340. The van der Waals surface area contributed by atoms with Gasteiger partial charge in [-0.2, -0.15) is 5.10 Å². The highest BCUT2D eigenvalue weighted by Crippen LogP contribution is 2.22. The number of hydrogen-bond acceptors (Lipinski definition) is 4. The molecule has 0 aliphatic rings. The lowest BCUT2D eigenvalue weighted by Gasteiger charge is -2.05. The van der Waals surface area contributed by atoms with Crippen molar-refractivity contribution in [3.8, 4) is 0 Å². The molecular formula is C13H17N5O. The van der Waals surface area contributed by atoms with Crippen LogP contribution >= 0.6 is 0 Å². The second-order valence-corrected chi connectivity index (χ2v) is 4.76. The number of aromatic amines is 1. The van der Waals surface area contributed by atoms with Crippen molar-refractivity contribution in [1.29, 1.82) is 0 Å². The summed E-state index contributed by atoms with van der Waals surface area (Å²) in [6.45, 7) is 5.87. The fraction of sp³-hybridized carbons (Fsp3) is 0.308. The molecule has 0 aliphatic carbocycles. The van der Waals surface area contributed by atoms with E-state index in [0.29, 0.717) is 11.4 Å². The zero-order valence-electron chi connectivity index (χ0n) is 11.2. The van der Waals surface area contributed by atoms with E-state index in [4.69, 9.17) is 5.73 Å². The fourth-order valence-electron chi connectivity index (χ4n) is 1.79. The van der Waals surface area contributed by atoms with Crippen molar-refractivity contribution in [2.75, 3.05) is 11.1 Å². The van der Waals surface area contributed by atoms with Gasteiger partial charge in [0.15, 0.2) is 5.69 Å². The lowest BCUT2D eigenvalue weighted by atomic mass is 10.1. The summed E-state index contributed by atoms with van der Waals surface area (Å²) < 4.78 is 0. The van der Waals surface area contributed by atoms with E-state index in [-0.39, 0.29) is 17.5 Å². The standard InChI is InChI=1S/C13H17N5O/c1-7(2)11-10(14)12(18-17-11)13(19)16-9-4-8(3)5-15-6-9/h4-7H,14H2,1-3H3,(H,16,19)(H,17,18). The van der Waals surface area contributed by atoms with Gasteiger partial charge >= 0.3 is 0 Å². The number of aryl methyl sites for hydroxylation is 1. The Morgan fingerprint density at radius 1 is 1.42 bits per heavy atom. The van der Waals surface area contributed by atoms with E-state index in [1.165, 1.54) is 0 Å². The summed E-state index contributed by atoms with van der Waals surface area (Å²) in [7, 11) is 0. The zero-order chi connectivity index (χ0) is 14.0. The third-order valence-electron chi connectivity index (χ3n) is 2.76. The zero-order valence-corrected chi connectivity index (χ0v) is 11.2. The van der Waals surface area contributed by atoms with Gasteiger partial charge in [-0.3, -0.25) is 14.9 Å². The molecule has 100 valence electrons. The number of carbonyl (C=O) groups excluding carboxylic acids is 1. The summed E-state index contributed by atoms with van der Waals surface area (Å²) >= 11 is 0. The third-order valence-corrected chi connectivity index (χ3v) is 2.76. The van der Waals surface area contributed by atoms with Crippen molar-refractivity contribution in [1.82, 2.24) is 15.2 Å². The molecule has 0 atom stereocenters. The summed E-state index contributed by atoms with van der Waals surface area (Å²) in [5.41, 5.74) is 8.89. The van der Waals surface area contributed by atoms with Gasteiger partial charge in [0.1, 0.15) is 0 Å². The van der Waals surface area contributed by atoms with Gasteiger partial charge in [0, 0.05) is 6.20 Å². The monoisotopic (exact) mass is 259 g/mol. The number of H-pyrrole nitrogens is 1. The topological polar surface area (TPSA) is 96.7 Å². The Labute approximate surface area is 111 Å². The van der Waals surface area contributed by atoms with Crippen LogP contribution in [0, 0.1) is 6.92 Å². The maximum atomic E-state index is 12.1. The number of nitrogens with two attached hydrogens (primary N) is 1. The Balaban J connectivity index is 2.21. The second kappa shape index (κ2) is 5.09. The number of anilines is 2. The molecule has 0 saturated heterocycles. The summed E-state index contributed by atoms with van der Waals surface area (Å²) in [6, 6.07) is 1.83. The summed E-state index contributed by atoms with van der Waals surface area (Å²) in [6.07, 6.45) is 3.30. The highest BCUT2D eigenvalue weighted by Gasteiger charge is 2.18. The molecule has 6 nitrogen and oxygen atoms in total. The molecule has 6 heteroatoms. The molecule has 0 fully saturated rings. The van der Waals surface area contributed by atoms with E-state index in [9.17, 15) is 4.79 Å². The van der Waals surface area contributed by atoms with Gasteiger partial charge in [0.05, 0.1) is 23.3 Å². The average Bonchev–Trinajstić information content (AvgIpc) is 2.71. The number of hydrogen-bond donors (Lipinski definition) is 3. The van der Waals surface area contributed by atoms with E-state index >= 15 is 0 Å². The first-order valence-corrected chi connectivity index (χ1v) is 6.05. The molecule has 0 aromatic carbocycles. The highest BCUT2D eigenvalue weighted by molar-refractivity contribution is 6.06. The lowest BCUT2D eigenvalue weighted by molar-refractivity contribution is 0.102. The summed E-state index contributed by atoms with van der Waals surface area (Å²) in [5.74, 6) is -0.150. The van der Waals surface area contributed by atoms with Crippen molar-refractivity contribution in [3.63, 3.8) is 0 Å². The van der Waals surface area contributed by atoms with Crippen LogP contribution in [-0.2, 0) is 0 Å². The molecule has 0 radical (unpaired) electrons. The molecule has 1 amide bonds. The fourth-order valence-corrected chi connectivity index (χ4v) is 1.79. The molecule has 2 aromatic rings. The van der Waals surface area contributed by atoms with Crippen LogP contribution < -0.4 is 11.1 Å². The van der Waals surface area contributed by atoms with Crippen LogP contribution in [0.1, 0.15) is 41.5 Å². The van der Waals surface area contributed by atoms with Gasteiger partial charge in [0.25, 0.3) is 5.91 Å². The Kier molecular flexibility index (Phi) is 3.50. The molecule has 0 unspecified atom stereocenters. The predicted molar refractivity (Wildman–Crippen MR) is 74.0 cm³/mol. The summed E-state index contributed by atoms with van der Waals surface area (Å²) in [5, 5.41) is 9.50. The molecule has 2 heterocycles. The first kappa shape index (κ1) is 13.1. The molecular weight excluding hydrogens is 242 g/mol. The predicted octanol–water partition coefficient (Wildman–Crippen LogP) is 2.07. The Morgan fingerprint density at radius 2 is 2.16 bits per heavy atom. The molecule has 0 saturated carbocycles. The number of aromatic nitrogens is 3. The number of rotatable bonds is 3. The van der Waals surface area contributed by atoms with Crippen LogP contribution in [-0.4, -0.2) is 21.1 Å². The number of nitrogens with zero attached hydrogens (tertiary/aromatic N) is 2. The lowest BCUT2D eigenvalue weighted by Crippen LogP contribution is -2.14. The quantitative estimate of drug-likeness (QED) is 0.786. The second-order valence-electron chi connectivity index (χ2n) is 4.76. The van der Waals surface area contributed by atoms with Crippen LogP contribution in [0.4, 0.5) is 11.4 Å². The highest BCUT2D eigenvalue weighted by atomic mass is 16.2. The van der Waals surface area contributed by atoms with Crippen molar-refractivity contribution in [2.45, 2.75) is 26.7 Å². The van der Waals surface area contributed by atoms with Crippen LogP contribution in [0.5, 0.6) is 0 Å². The Bertz CT molecular complexity index is 603. The van der Waals surface area contributed by atoms with E-state index in [1.54, 1.807) is 12.4 Å². The van der Waals surface area contributed by atoms with E-state index in [0.717, 1.165) is 11.3 Å². The first-order valence-electron chi connectivity index (χ1n) is 6.05. The maximum Gasteiger partial charge on any atom is 0.278 e. The molecule has 2 aromatic heterocycles. The van der Waals surface area contributed by atoms with Crippen LogP contribution in [0.25, 0.3) is 0 Å². The smallest absolute Gasteiger partial charge is 0.278 e. The van der Waals surface area contributed by atoms with Crippen LogP contribution in [0.15, 0.2) is 18.5 Å². The minimum absolute atomic E-state index is 0.190. The Morgan fingerprint density at radius 3 is 2.74 bits per heavy atom. The van der Waals surface area contributed by atoms with Crippen LogP contribution in [0.3, 0.4) is 0 Å². The van der Waals surface area contributed by atoms with Gasteiger partial charge in [-0.1, -0.05) is 13.8 Å². The average molecular weight is 259 g/mol. The number of carbonyl (C=O) groups is 1. The van der Waals surface area contributed by atoms with Gasteiger partial charge in [0.2, 0.25) is 0 Å². The van der Waals surface area contributed by atoms with Crippen molar-refractivity contribution >= 4 is 17.3 Å². The largest absolute Gasteiger partial charge is 0.395 e. The normalized spacial score (nSPS) is 10.7. The first-order chi connectivity index (χ1) is 8.99. The van der Waals surface area contributed by atoms with Crippen LogP contribution in [0.2, 0.25) is 0 Å². The van der Waals surface area contributed by atoms with E-state index < -0.39 is 0 Å². The summed E-state index contributed by atoms with van der Waals surface area (Å²) in [4.78, 5) is 16.1. The Hall–Kier alpha value is -2.37. The van der Waals surface area contributed by atoms with Gasteiger partial charge in [-0.25, -0.2) is 0 Å². The minimum Gasteiger partial charge on any atom is -0.395 e. The molecule has 2 rings (SSSR count). The SMILES string of the molecule is Cc1cncc(NC(=O)c2n[nH]c(C(C)C)c2N)c1. The van der Waals surface area contributed by atoms with Gasteiger partial charge in [-0.15, -0.1) is 0 Å². The van der Waals surface area contributed by atoms with Crippen molar-refractivity contribution in [3.05, 3.63) is 35.4 Å². The van der Waals surface area contributed by atoms with Crippen molar-refractivity contribution in [2.24, 2.45) is 0 Å². The number of nitrogens with one attached hydrogen (secondary N) is 2.